The minimum Gasteiger partial charge on any atom is -0.504 e. The molecule has 1 saturated carbocycles. The standard InChI is InChI=1S/C12H14O2/c13-11-7-5-10(6-8-12(11)14)9-3-1-2-4-9/h5-9H,1-4H2,(H,13,14). The summed E-state index contributed by atoms with van der Waals surface area (Å²) >= 11 is 0. The van der Waals surface area contributed by atoms with Crippen molar-refractivity contribution in [2.75, 3.05) is 0 Å². The quantitative estimate of drug-likeness (QED) is 0.738. The molecule has 0 spiro atoms. The zero-order chi connectivity index (χ0) is 9.97. The van der Waals surface area contributed by atoms with Crippen molar-refractivity contribution in [2.24, 2.45) is 0 Å². The zero-order valence-corrected chi connectivity index (χ0v) is 8.07. The molecule has 0 amide bonds. The lowest BCUT2D eigenvalue weighted by Crippen LogP contribution is -1.92. The highest BCUT2D eigenvalue weighted by atomic mass is 16.3. The van der Waals surface area contributed by atoms with Crippen LogP contribution in [-0.4, -0.2) is 5.11 Å². The summed E-state index contributed by atoms with van der Waals surface area (Å²) in [5.74, 6) is 0.426. The molecule has 1 fully saturated rings. The van der Waals surface area contributed by atoms with Crippen molar-refractivity contribution in [3.8, 4) is 5.75 Å². The lowest BCUT2D eigenvalue weighted by Gasteiger charge is -2.05. The molecule has 14 heavy (non-hydrogen) atoms. The second kappa shape index (κ2) is 3.82. The summed E-state index contributed by atoms with van der Waals surface area (Å²) in [6, 6.07) is 6.68. The van der Waals surface area contributed by atoms with Gasteiger partial charge in [-0.05, 0) is 36.5 Å². The predicted molar refractivity (Wildman–Crippen MR) is 55.6 cm³/mol. The molecule has 1 aliphatic carbocycles. The molecule has 2 nitrogen and oxygen atoms in total. The summed E-state index contributed by atoms with van der Waals surface area (Å²) in [4.78, 5) is 11.1. The fourth-order valence-corrected chi connectivity index (χ4v) is 2.10. The van der Waals surface area contributed by atoms with Gasteiger partial charge >= 0.3 is 0 Å². The number of hydrogen-bond donors (Lipinski definition) is 1. The van der Waals surface area contributed by atoms with Gasteiger partial charge in [0.25, 0.3) is 0 Å². The summed E-state index contributed by atoms with van der Waals surface area (Å²) in [5, 5.41) is 9.23. The van der Waals surface area contributed by atoms with Gasteiger partial charge in [0.05, 0.1) is 0 Å². The maximum absolute atomic E-state index is 11.1. The van der Waals surface area contributed by atoms with Gasteiger partial charge in [-0.25, -0.2) is 0 Å². The lowest BCUT2D eigenvalue weighted by molar-refractivity contribution is 0.471. The molecule has 2 rings (SSSR count). The van der Waals surface area contributed by atoms with Crippen molar-refractivity contribution in [3.05, 3.63) is 40.1 Å². The van der Waals surface area contributed by atoms with E-state index in [0.29, 0.717) is 5.92 Å². The topological polar surface area (TPSA) is 37.3 Å². The van der Waals surface area contributed by atoms with Gasteiger partial charge in [-0.2, -0.15) is 0 Å². The molecular weight excluding hydrogens is 176 g/mol. The molecule has 1 aromatic rings. The van der Waals surface area contributed by atoms with Crippen LogP contribution in [-0.2, 0) is 0 Å². The SMILES string of the molecule is O=c1ccc(C2CCCC2)ccc1O. The molecule has 1 N–H and O–H groups in total. The van der Waals surface area contributed by atoms with E-state index in [0.717, 1.165) is 0 Å². The third kappa shape index (κ3) is 1.79. The monoisotopic (exact) mass is 190 g/mol. The van der Waals surface area contributed by atoms with Crippen molar-refractivity contribution in [3.63, 3.8) is 0 Å². The van der Waals surface area contributed by atoms with Crippen LogP contribution < -0.4 is 5.43 Å². The first-order valence-electron chi connectivity index (χ1n) is 5.10. The molecule has 0 radical (unpaired) electrons. The Bertz CT molecular complexity index is 378. The second-order valence-corrected chi connectivity index (χ2v) is 3.90. The Balaban J connectivity index is 2.36. The normalized spacial score (nSPS) is 17.1. The van der Waals surface area contributed by atoms with Crippen LogP contribution in [0, 0.1) is 0 Å². The molecular formula is C12H14O2. The molecule has 2 heteroatoms. The van der Waals surface area contributed by atoms with E-state index in [1.807, 2.05) is 12.1 Å². The molecule has 0 unspecified atom stereocenters. The molecule has 0 atom stereocenters. The fourth-order valence-electron chi connectivity index (χ4n) is 2.10. The molecule has 0 saturated heterocycles. The molecule has 74 valence electrons. The Labute approximate surface area is 83.2 Å². The van der Waals surface area contributed by atoms with Gasteiger partial charge in [-0.1, -0.05) is 25.0 Å². The third-order valence-corrected chi connectivity index (χ3v) is 2.94. The van der Waals surface area contributed by atoms with Gasteiger partial charge in [0, 0.05) is 0 Å². The van der Waals surface area contributed by atoms with Crippen LogP contribution in [0.2, 0.25) is 0 Å². The Morgan fingerprint density at radius 1 is 1.07 bits per heavy atom. The first-order valence-corrected chi connectivity index (χ1v) is 5.10. The Hall–Kier alpha value is -1.31. The number of aromatic hydroxyl groups is 1. The first-order chi connectivity index (χ1) is 6.77. The third-order valence-electron chi connectivity index (χ3n) is 2.94. The molecule has 0 heterocycles. The Morgan fingerprint density at radius 3 is 2.43 bits per heavy atom. The number of rotatable bonds is 1. The van der Waals surface area contributed by atoms with E-state index < -0.39 is 0 Å². The van der Waals surface area contributed by atoms with Gasteiger partial charge in [-0.3, -0.25) is 4.79 Å². The van der Waals surface area contributed by atoms with Gasteiger partial charge in [0.2, 0.25) is 5.43 Å². The van der Waals surface area contributed by atoms with Crippen molar-refractivity contribution in [1.29, 1.82) is 0 Å². The van der Waals surface area contributed by atoms with E-state index in [9.17, 15) is 9.90 Å². The van der Waals surface area contributed by atoms with Crippen LogP contribution in [0.3, 0.4) is 0 Å². The summed E-state index contributed by atoms with van der Waals surface area (Å²) in [6.07, 6.45) is 4.97. The molecule has 0 bridgehead atoms. The minimum atomic E-state index is -0.297. The van der Waals surface area contributed by atoms with Gasteiger partial charge in [0.1, 0.15) is 0 Å². The highest BCUT2D eigenvalue weighted by Gasteiger charge is 2.16. The van der Waals surface area contributed by atoms with E-state index in [1.165, 1.54) is 43.4 Å². The highest BCUT2D eigenvalue weighted by molar-refractivity contribution is 5.26. The fraction of sp³-hybridized carbons (Fsp3) is 0.417. The van der Waals surface area contributed by atoms with Crippen molar-refractivity contribution in [2.45, 2.75) is 31.6 Å². The maximum Gasteiger partial charge on any atom is 0.220 e. The van der Waals surface area contributed by atoms with Gasteiger partial charge < -0.3 is 5.11 Å². The summed E-state index contributed by atoms with van der Waals surface area (Å²) in [6.45, 7) is 0. The minimum absolute atomic E-state index is 0.158. The summed E-state index contributed by atoms with van der Waals surface area (Å²) in [5.41, 5.74) is 0.883. The predicted octanol–water partition coefficient (Wildman–Crippen LogP) is 2.41. The van der Waals surface area contributed by atoms with E-state index in [1.54, 1.807) is 0 Å². The Morgan fingerprint density at radius 2 is 1.71 bits per heavy atom. The van der Waals surface area contributed by atoms with Crippen molar-refractivity contribution < 1.29 is 5.11 Å². The molecule has 1 aliphatic rings. The summed E-state index contributed by atoms with van der Waals surface area (Å²) < 4.78 is 0. The van der Waals surface area contributed by atoms with Crippen LogP contribution in [0.4, 0.5) is 0 Å². The van der Waals surface area contributed by atoms with E-state index in [2.05, 4.69) is 0 Å². The van der Waals surface area contributed by atoms with Crippen LogP contribution in [0.15, 0.2) is 29.1 Å². The van der Waals surface area contributed by atoms with Crippen LogP contribution >= 0.6 is 0 Å². The average molecular weight is 190 g/mol. The summed E-state index contributed by atoms with van der Waals surface area (Å²) in [7, 11) is 0. The maximum atomic E-state index is 11.1. The zero-order valence-electron chi connectivity index (χ0n) is 8.07. The highest BCUT2D eigenvalue weighted by Crippen LogP contribution is 2.33. The first kappa shape index (κ1) is 9.25. The molecule has 0 aromatic heterocycles. The van der Waals surface area contributed by atoms with Gasteiger partial charge in [-0.15, -0.1) is 0 Å². The second-order valence-electron chi connectivity index (χ2n) is 3.90. The van der Waals surface area contributed by atoms with Crippen molar-refractivity contribution in [1.82, 2.24) is 0 Å². The van der Waals surface area contributed by atoms with Crippen LogP contribution in [0.5, 0.6) is 5.75 Å². The molecule has 0 aliphatic heterocycles. The number of hydrogen-bond acceptors (Lipinski definition) is 2. The van der Waals surface area contributed by atoms with Crippen molar-refractivity contribution >= 4 is 0 Å². The van der Waals surface area contributed by atoms with E-state index in [-0.39, 0.29) is 11.2 Å². The van der Waals surface area contributed by atoms with E-state index >= 15 is 0 Å². The Kier molecular flexibility index (Phi) is 2.53. The van der Waals surface area contributed by atoms with E-state index in [4.69, 9.17) is 0 Å². The average Bonchev–Trinajstić information content (AvgIpc) is 2.65. The largest absolute Gasteiger partial charge is 0.504 e. The molecule has 1 aromatic carbocycles. The van der Waals surface area contributed by atoms with Gasteiger partial charge in [0.15, 0.2) is 5.75 Å². The van der Waals surface area contributed by atoms with Crippen LogP contribution in [0.1, 0.15) is 37.2 Å². The lowest BCUT2D eigenvalue weighted by atomic mass is 10.00. The van der Waals surface area contributed by atoms with Crippen LogP contribution in [0.25, 0.3) is 0 Å². The smallest absolute Gasteiger partial charge is 0.220 e.